The van der Waals surface area contributed by atoms with Gasteiger partial charge < -0.3 is 14.8 Å². The average molecular weight is 445 g/mol. The summed E-state index contributed by atoms with van der Waals surface area (Å²) in [5.41, 5.74) is 2.25. The van der Waals surface area contributed by atoms with Gasteiger partial charge in [-0.15, -0.1) is 0 Å². The summed E-state index contributed by atoms with van der Waals surface area (Å²) < 4.78 is 38.8. The molecule has 0 unspecified atom stereocenters. The van der Waals surface area contributed by atoms with Crippen LogP contribution in [0.3, 0.4) is 0 Å². The van der Waals surface area contributed by atoms with Gasteiger partial charge in [0.25, 0.3) is 0 Å². The molecule has 1 N–H and O–H groups in total. The highest BCUT2D eigenvalue weighted by molar-refractivity contribution is 7.89. The molecule has 2 heterocycles. The smallest absolute Gasteiger partial charge is 0.240 e. The van der Waals surface area contributed by atoms with Crippen molar-refractivity contribution in [2.24, 2.45) is 0 Å². The highest BCUT2D eigenvalue weighted by atomic mass is 32.2. The molecule has 0 radical (unpaired) electrons. The first-order valence-electron chi connectivity index (χ1n) is 10.2. The number of fused-ring (bicyclic) bond motifs is 1. The largest absolute Gasteiger partial charge is 0.371 e. The van der Waals surface area contributed by atoms with Crippen molar-refractivity contribution in [2.75, 3.05) is 24.2 Å². The Kier molecular flexibility index (Phi) is 5.95. The third-order valence-corrected chi connectivity index (χ3v) is 6.24. The summed E-state index contributed by atoms with van der Waals surface area (Å²) in [7, 11) is -3.29. The molecule has 4 rings (SSSR count). The monoisotopic (exact) mass is 444 g/mol. The molecule has 3 aromatic rings. The van der Waals surface area contributed by atoms with Crippen molar-refractivity contribution < 1.29 is 17.6 Å². The molecule has 2 aromatic carbocycles. The summed E-state index contributed by atoms with van der Waals surface area (Å²) >= 11 is 0. The van der Waals surface area contributed by atoms with Crippen LogP contribution in [-0.4, -0.2) is 49.3 Å². The van der Waals surface area contributed by atoms with Gasteiger partial charge in [-0.05, 0) is 43.2 Å². The molecule has 1 fully saturated rings. The molecule has 0 atom stereocenters. The topological polar surface area (TPSA) is 84.3 Å². The number of amides is 1. The molecule has 1 aromatic heterocycles. The summed E-state index contributed by atoms with van der Waals surface area (Å²) in [6.07, 6.45) is 2.66. The molecule has 0 bridgehead atoms. The van der Waals surface area contributed by atoms with E-state index in [1.807, 2.05) is 24.3 Å². The summed E-state index contributed by atoms with van der Waals surface area (Å²) in [5, 5.41) is 3.06. The third-order valence-electron chi connectivity index (χ3n) is 5.46. The van der Waals surface area contributed by atoms with Crippen LogP contribution in [0.25, 0.3) is 11.0 Å². The number of anilines is 1. The molecule has 9 heteroatoms. The minimum atomic E-state index is -3.29. The summed E-state index contributed by atoms with van der Waals surface area (Å²) in [6.45, 7) is 1.46. The maximum absolute atomic E-state index is 13.5. The van der Waals surface area contributed by atoms with Gasteiger partial charge in [-0.2, -0.15) is 0 Å². The van der Waals surface area contributed by atoms with Crippen LogP contribution in [0.15, 0.2) is 48.5 Å². The minimum absolute atomic E-state index is 0.00940. The van der Waals surface area contributed by atoms with Crippen LogP contribution >= 0.6 is 0 Å². The zero-order chi connectivity index (χ0) is 22.0. The number of hydrogen-bond donors (Lipinski definition) is 1. The number of nitrogens with zero attached hydrogens (tertiary/aromatic N) is 3. The fourth-order valence-corrected chi connectivity index (χ4v) is 4.71. The average Bonchev–Trinajstić information content (AvgIpc) is 3.04. The van der Waals surface area contributed by atoms with Gasteiger partial charge in [-0.3, -0.25) is 4.79 Å². The first-order valence-corrected chi connectivity index (χ1v) is 12.3. The summed E-state index contributed by atoms with van der Waals surface area (Å²) in [4.78, 5) is 19.3. The van der Waals surface area contributed by atoms with E-state index >= 15 is 0 Å². The molecule has 0 spiro atoms. The predicted molar refractivity (Wildman–Crippen MR) is 118 cm³/mol. The zero-order valence-corrected chi connectivity index (χ0v) is 18.1. The Morgan fingerprint density at radius 2 is 1.90 bits per heavy atom. The number of aromatic nitrogens is 2. The molecular formula is C22H25FN4O3S. The third kappa shape index (κ3) is 5.22. The number of sulfone groups is 1. The number of carbonyl (C=O) groups excluding carboxylic acids is 1. The molecule has 31 heavy (non-hydrogen) atoms. The molecule has 7 nitrogen and oxygen atoms in total. The van der Waals surface area contributed by atoms with E-state index in [1.54, 1.807) is 16.7 Å². The van der Waals surface area contributed by atoms with Gasteiger partial charge in [0.2, 0.25) is 5.91 Å². The maximum Gasteiger partial charge on any atom is 0.240 e. The van der Waals surface area contributed by atoms with E-state index in [0.29, 0.717) is 11.3 Å². The van der Waals surface area contributed by atoms with Crippen LogP contribution in [0.4, 0.5) is 10.1 Å². The van der Waals surface area contributed by atoms with Crippen LogP contribution in [-0.2, 0) is 26.9 Å². The number of rotatable bonds is 6. The highest BCUT2D eigenvalue weighted by Crippen LogP contribution is 2.21. The molecule has 1 amide bonds. The van der Waals surface area contributed by atoms with E-state index < -0.39 is 9.84 Å². The first kappa shape index (κ1) is 21.3. The molecular weight excluding hydrogens is 419 g/mol. The Morgan fingerprint density at radius 1 is 1.16 bits per heavy atom. The van der Waals surface area contributed by atoms with Gasteiger partial charge in [0, 0.05) is 31.1 Å². The van der Waals surface area contributed by atoms with Crippen molar-refractivity contribution in [3.63, 3.8) is 0 Å². The minimum Gasteiger partial charge on any atom is -0.371 e. The number of imidazole rings is 1. The lowest BCUT2D eigenvalue weighted by atomic mass is 10.0. The van der Waals surface area contributed by atoms with E-state index in [0.717, 1.165) is 43.4 Å². The van der Waals surface area contributed by atoms with E-state index in [1.165, 1.54) is 12.1 Å². The number of piperidine rings is 1. The number of halogens is 1. The Labute approximate surface area is 180 Å². The van der Waals surface area contributed by atoms with E-state index in [2.05, 4.69) is 15.2 Å². The number of nitrogens with one attached hydrogen (secondary N) is 1. The first-order chi connectivity index (χ1) is 14.8. The van der Waals surface area contributed by atoms with Crippen molar-refractivity contribution >= 4 is 32.5 Å². The molecule has 1 aliphatic heterocycles. The van der Waals surface area contributed by atoms with Crippen molar-refractivity contribution in [3.8, 4) is 0 Å². The van der Waals surface area contributed by atoms with E-state index in [4.69, 9.17) is 0 Å². The highest BCUT2D eigenvalue weighted by Gasteiger charge is 2.23. The predicted octanol–water partition coefficient (Wildman–Crippen LogP) is 2.51. The van der Waals surface area contributed by atoms with E-state index in [-0.39, 0.29) is 30.1 Å². The maximum atomic E-state index is 13.5. The fraction of sp³-hybridized carbons (Fsp3) is 0.364. The van der Waals surface area contributed by atoms with Crippen LogP contribution in [0.2, 0.25) is 0 Å². The second-order valence-electron chi connectivity index (χ2n) is 7.98. The fourth-order valence-electron chi connectivity index (χ4n) is 4.02. The lowest BCUT2D eigenvalue weighted by Gasteiger charge is -2.34. The normalized spacial score (nSPS) is 15.4. The number of benzene rings is 2. The van der Waals surface area contributed by atoms with Crippen LogP contribution in [0, 0.1) is 5.82 Å². The molecule has 0 aliphatic carbocycles. The van der Waals surface area contributed by atoms with Gasteiger partial charge in [0.1, 0.15) is 23.9 Å². The van der Waals surface area contributed by atoms with Crippen LogP contribution < -0.4 is 10.2 Å². The quantitative estimate of drug-likeness (QED) is 0.632. The molecule has 164 valence electrons. The lowest BCUT2D eigenvalue weighted by molar-refractivity contribution is -0.122. The number of para-hydroxylation sites is 2. The Hall–Kier alpha value is -2.94. The second-order valence-corrected chi connectivity index (χ2v) is 10.1. The summed E-state index contributed by atoms with van der Waals surface area (Å²) in [6, 6.07) is 13.8. The Morgan fingerprint density at radius 3 is 2.61 bits per heavy atom. The van der Waals surface area contributed by atoms with Crippen LogP contribution in [0.5, 0.6) is 0 Å². The van der Waals surface area contributed by atoms with Gasteiger partial charge in [-0.25, -0.2) is 17.8 Å². The van der Waals surface area contributed by atoms with Crippen molar-refractivity contribution in [1.29, 1.82) is 0 Å². The molecule has 1 saturated heterocycles. The van der Waals surface area contributed by atoms with Gasteiger partial charge >= 0.3 is 0 Å². The standard InChI is InChI=1S/C22H25FN4O3S/c1-31(29,30)15-21-25-19-7-2-3-8-20(19)27(21)14-22(28)24-17-9-11-26(12-10-17)18-6-4-5-16(23)13-18/h2-8,13,17H,9-12,14-15H2,1H3,(H,24,28). The second kappa shape index (κ2) is 8.66. The zero-order valence-electron chi connectivity index (χ0n) is 17.3. The van der Waals surface area contributed by atoms with Crippen LogP contribution in [0.1, 0.15) is 18.7 Å². The van der Waals surface area contributed by atoms with Crippen molar-refractivity contribution in [2.45, 2.75) is 31.2 Å². The number of hydrogen-bond acceptors (Lipinski definition) is 5. The van der Waals surface area contributed by atoms with Crippen molar-refractivity contribution in [1.82, 2.24) is 14.9 Å². The Balaban J connectivity index is 1.41. The lowest BCUT2D eigenvalue weighted by Crippen LogP contribution is -2.45. The molecule has 1 aliphatic rings. The Bertz CT molecular complexity index is 1200. The SMILES string of the molecule is CS(=O)(=O)Cc1nc2ccccc2n1CC(=O)NC1CCN(c2cccc(F)c2)CC1. The van der Waals surface area contributed by atoms with Crippen molar-refractivity contribution in [3.05, 3.63) is 60.2 Å². The summed E-state index contributed by atoms with van der Waals surface area (Å²) in [5.74, 6) is -0.298. The van der Waals surface area contributed by atoms with Gasteiger partial charge in [0.15, 0.2) is 9.84 Å². The van der Waals surface area contributed by atoms with Gasteiger partial charge in [-0.1, -0.05) is 18.2 Å². The number of carbonyl (C=O) groups is 1. The van der Waals surface area contributed by atoms with E-state index in [9.17, 15) is 17.6 Å². The molecule has 0 saturated carbocycles. The van der Waals surface area contributed by atoms with Gasteiger partial charge in [0.05, 0.1) is 11.0 Å².